The first-order chi connectivity index (χ1) is 8.04. The zero-order chi connectivity index (χ0) is 12.8. The topological polar surface area (TPSA) is 84.2 Å². The van der Waals surface area contributed by atoms with Crippen molar-refractivity contribution in [3.05, 3.63) is 35.4 Å². The molecule has 0 fully saturated rings. The van der Waals surface area contributed by atoms with Gasteiger partial charge in [0.25, 0.3) is 11.8 Å². The Bertz CT molecular complexity index is 407. The molecule has 0 heterocycles. The molecular weight excluding hydrogens is 265 g/mol. The Labute approximate surface area is 108 Å². The van der Waals surface area contributed by atoms with Gasteiger partial charge < -0.3 is 5.32 Å². The van der Waals surface area contributed by atoms with Gasteiger partial charge in [-0.3, -0.25) is 15.0 Å². The molecule has 92 valence electrons. The first-order valence-electron chi connectivity index (χ1n) is 4.70. The lowest BCUT2D eigenvalue weighted by Gasteiger charge is -2.06. The highest BCUT2D eigenvalue weighted by molar-refractivity contribution is 6.53. The zero-order valence-electron chi connectivity index (χ0n) is 8.74. The van der Waals surface area contributed by atoms with Gasteiger partial charge in [-0.1, -0.05) is 35.3 Å². The first kappa shape index (κ1) is 13.8. The van der Waals surface area contributed by atoms with E-state index in [1.54, 1.807) is 24.3 Å². The number of nitrogen functional groups attached to an aromatic ring is 1. The number of benzene rings is 1. The molecule has 0 aliphatic rings. The normalized spacial score (nSPS) is 10.1. The summed E-state index contributed by atoms with van der Waals surface area (Å²) in [7, 11) is 0. The molecule has 5 nitrogen and oxygen atoms in total. The summed E-state index contributed by atoms with van der Waals surface area (Å²) in [6.07, 6.45) is 0. The molecule has 0 atom stereocenters. The monoisotopic (exact) mass is 275 g/mol. The zero-order valence-corrected chi connectivity index (χ0v) is 10.3. The predicted molar refractivity (Wildman–Crippen MR) is 65.4 cm³/mol. The standard InChI is InChI=1S/C10H11Cl2N3O2/c11-8(12)10(17)14-5-6-1-3-7(4-2-6)9(16)15-13/h1-4,8H,5,13H2,(H,14,17)(H,15,16). The third-order valence-corrected chi connectivity index (χ3v) is 2.41. The molecule has 0 saturated heterocycles. The number of rotatable bonds is 4. The number of amides is 2. The molecule has 0 radical (unpaired) electrons. The second-order valence-electron chi connectivity index (χ2n) is 3.19. The minimum atomic E-state index is -1.09. The van der Waals surface area contributed by atoms with Crippen LogP contribution < -0.4 is 16.6 Å². The number of hydrogen-bond acceptors (Lipinski definition) is 3. The minimum Gasteiger partial charge on any atom is -0.350 e. The van der Waals surface area contributed by atoms with Crippen LogP contribution >= 0.6 is 23.2 Å². The molecule has 1 rings (SSSR count). The Kier molecular flexibility index (Phi) is 5.21. The van der Waals surface area contributed by atoms with Crippen molar-refractivity contribution in [2.45, 2.75) is 11.4 Å². The van der Waals surface area contributed by atoms with Crippen molar-refractivity contribution in [2.24, 2.45) is 5.84 Å². The first-order valence-corrected chi connectivity index (χ1v) is 5.57. The van der Waals surface area contributed by atoms with E-state index in [-0.39, 0.29) is 5.91 Å². The maximum absolute atomic E-state index is 11.1. The van der Waals surface area contributed by atoms with Crippen molar-refractivity contribution >= 4 is 35.0 Å². The van der Waals surface area contributed by atoms with Gasteiger partial charge in [0.1, 0.15) is 0 Å². The highest BCUT2D eigenvalue weighted by atomic mass is 35.5. The molecule has 17 heavy (non-hydrogen) atoms. The van der Waals surface area contributed by atoms with E-state index >= 15 is 0 Å². The quantitative estimate of drug-likeness (QED) is 0.328. The number of carbonyl (C=O) groups is 2. The van der Waals surface area contributed by atoms with Crippen molar-refractivity contribution in [3.63, 3.8) is 0 Å². The Balaban J connectivity index is 2.57. The van der Waals surface area contributed by atoms with Gasteiger partial charge in [0.05, 0.1) is 0 Å². The molecule has 4 N–H and O–H groups in total. The highest BCUT2D eigenvalue weighted by Gasteiger charge is 2.10. The maximum atomic E-state index is 11.1. The highest BCUT2D eigenvalue weighted by Crippen LogP contribution is 2.05. The molecule has 0 unspecified atom stereocenters. The van der Waals surface area contributed by atoms with Crippen LogP contribution in [0.25, 0.3) is 0 Å². The molecular formula is C10H11Cl2N3O2. The lowest BCUT2D eigenvalue weighted by molar-refractivity contribution is -0.119. The smallest absolute Gasteiger partial charge is 0.265 e. The van der Waals surface area contributed by atoms with Crippen LogP contribution in [0.1, 0.15) is 15.9 Å². The van der Waals surface area contributed by atoms with Crippen LogP contribution in [-0.4, -0.2) is 16.7 Å². The Morgan fingerprint density at radius 2 is 1.82 bits per heavy atom. The van der Waals surface area contributed by atoms with Crippen molar-refractivity contribution < 1.29 is 9.59 Å². The van der Waals surface area contributed by atoms with E-state index in [1.807, 2.05) is 5.43 Å². The lowest BCUT2D eigenvalue weighted by atomic mass is 10.1. The summed E-state index contributed by atoms with van der Waals surface area (Å²) < 4.78 is 0. The molecule has 2 amide bonds. The number of hydrazine groups is 1. The SMILES string of the molecule is NNC(=O)c1ccc(CNC(=O)C(Cl)Cl)cc1. The number of carbonyl (C=O) groups excluding carboxylic acids is 2. The average molecular weight is 276 g/mol. The van der Waals surface area contributed by atoms with Crippen LogP contribution in [0, 0.1) is 0 Å². The fourth-order valence-electron chi connectivity index (χ4n) is 1.12. The summed E-state index contributed by atoms with van der Waals surface area (Å²) in [5, 5.41) is 2.53. The van der Waals surface area contributed by atoms with Gasteiger partial charge in [-0.25, -0.2) is 5.84 Å². The molecule has 1 aromatic rings. The molecule has 0 aromatic heterocycles. The number of nitrogens with two attached hydrogens (primary N) is 1. The molecule has 0 aliphatic heterocycles. The van der Waals surface area contributed by atoms with E-state index in [0.29, 0.717) is 12.1 Å². The molecule has 7 heteroatoms. The van der Waals surface area contributed by atoms with E-state index in [4.69, 9.17) is 29.0 Å². The van der Waals surface area contributed by atoms with Crippen molar-refractivity contribution in [1.29, 1.82) is 0 Å². The average Bonchev–Trinajstić information content (AvgIpc) is 2.35. The second-order valence-corrected chi connectivity index (χ2v) is 4.29. The van der Waals surface area contributed by atoms with Crippen molar-refractivity contribution in [3.8, 4) is 0 Å². The van der Waals surface area contributed by atoms with Gasteiger partial charge in [-0.05, 0) is 17.7 Å². The van der Waals surface area contributed by atoms with E-state index in [0.717, 1.165) is 5.56 Å². The Morgan fingerprint density at radius 3 is 2.29 bits per heavy atom. The van der Waals surface area contributed by atoms with E-state index in [9.17, 15) is 9.59 Å². The van der Waals surface area contributed by atoms with Gasteiger partial charge in [0.2, 0.25) is 0 Å². The van der Waals surface area contributed by atoms with Crippen LogP contribution in [0.4, 0.5) is 0 Å². The molecule has 0 saturated carbocycles. The minimum absolute atomic E-state index is 0.291. The maximum Gasteiger partial charge on any atom is 0.265 e. The van der Waals surface area contributed by atoms with Gasteiger partial charge >= 0.3 is 0 Å². The summed E-state index contributed by atoms with van der Waals surface area (Å²) in [5.41, 5.74) is 3.28. The Morgan fingerprint density at radius 1 is 1.24 bits per heavy atom. The molecule has 0 spiro atoms. The van der Waals surface area contributed by atoms with E-state index in [1.165, 1.54) is 0 Å². The van der Waals surface area contributed by atoms with Crippen LogP contribution in [0.15, 0.2) is 24.3 Å². The molecule has 0 bridgehead atoms. The van der Waals surface area contributed by atoms with Crippen LogP contribution in [0.5, 0.6) is 0 Å². The van der Waals surface area contributed by atoms with Gasteiger partial charge in [0, 0.05) is 12.1 Å². The van der Waals surface area contributed by atoms with E-state index in [2.05, 4.69) is 5.32 Å². The fraction of sp³-hybridized carbons (Fsp3) is 0.200. The Hall–Kier alpha value is -1.30. The third kappa shape index (κ3) is 4.22. The summed E-state index contributed by atoms with van der Waals surface area (Å²) in [6, 6.07) is 6.59. The lowest BCUT2D eigenvalue weighted by Crippen LogP contribution is -2.30. The van der Waals surface area contributed by atoms with E-state index < -0.39 is 10.7 Å². The summed E-state index contributed by atoms with van der Waals surface area (Å²) in [4.78, 5) is 21.1. The fourth-order valence-corrected chi connectivity index (χ4v) is 1.28. The van der Waals surface area contributed by atoms with Gasteiger partial charge in [-0.2, -0.15) is 0 Å². The van der Waals surface area contributed by atoms with Crippen molar-refractivity contribution in [2.75, 3.05) is 0 Å². The van der Waals surface area contributed by atoms with Gasteiger partial charge in [-0.15, -0.1) is 0 Å². The number of hydrogen-bond donors (Lipinski definition) is 3. The largest absolute Gasteiger partial charge is 0.350 e. The van der Waals surface area contributed by atoms with Crippen LogP contribution in [0.3, 0.4) is 0 Å². The second kappa shape index (κ2) is 6.44. The van der Waals surface area contributed by atoms with Crippen LogP contribution in [-0.2, 0) is 11.3 Å². The van der Waals surface area contributed by atoms with Gasteiger partial charge in [0.15, 0.2) is 4.84 Å². The number of alkyl halides is 2. The molecule has 0 aliphatic carbocycles. The molecule has 1 aromatic carbocycles. The number of nitrogens with one attached hydrogen (secondary N) is 2. The summed E-state index contributed by atoms with van der Waals surface area (Å²) >= 11 is 10.7. The van der Waals surface area contributed by atoms with Crippen LogP contribution in [0.2, 0.25) is 0 Å². The third-order valence-electron chi connectivity index (χ3n) is 2.01. The predicted octanol–water partition coefficient (Wildman–Crippen LogP) is 0.710. The number of halogens is 2. The summed E-state index contributed by atoms with van der Waals surface area (Å²) in [5.74, 6) is 4.15. The summed E-state index contributed by atoms with van der Waals surface area (Å²) in [6.45, 7) is 0.291. The van der Waals surface area contributed by atoms with Crippen molar-refractivity contribution in [1.82, 2.24) is 10.7 Å².